The highest BCUT2D eigenvalue weighted by molar-refractivity contribution is 7.99. The van der Waals surface area contributed by atoms with Crippen LogP contribution in [0.1, 0.15) is 11.9 Å². The van der Waals surface area contributed by atoms with E-state index in [1.165, 1.54) is 11.3 Å². The van der Waals surface area contributed by atoms with Crippen molar-refractivity contribution in [2.24, 2.45) is 0 Å². The second-order valence-electron chi connectivity index (χ2n) is 3.46. The summed E-state index contributed by atoms with van der Waals surface area (Å²) in [5, 5.41) is 6.21. The zero-order valence-electron chi connectivity index (χ0n) is 8.83. The molecule has 17 heavy (non-hydrogen) atoms. The van der Waals surface area contributed by atoms with Gasteiger partial charge in [-0.2, -0.15) is 16.7 Å². The van der Waals surface area contributed by atoms with Crippen LogP contribution in [0.4, 0.5) is 5.13 Å². The molecule has 2 N–H and O–H groups in total. The van der Waals surface area contributed by atoms with E-state index in [-0.39, 0.29) is 6.10 Å². The predicted molar refractivity (Wildman–Crippen MR) is 65.8 cm³/mol. The standard InChI is InChI=1S/C9H10N4O2S2/c10-9-11-5(3-17-9)8-12-7(13-15-8)6-4-16-2-1-14-6/h3,6H,1-2,4H2,(H2,10,11). The SMILES string of the molecule is Nc1nc(-c2nc(C3CSCCO3)no2)cs1. The van der Waals surface area contributed by atoms with E-state index in [2.05, 4.69) is 15.1 Å². The summed E-state index contributed by atoms with van der Waals surface area (Å²) in [5.41, 5.74) is 6.18. The topological polar surface area (TPSA) is 87.1 Å². The quantitative estimate of drug-likeness (QED) is 0.886. The number of hydrogen-bond donors (Lipinski definition) is 1. The molecule has 1 unspecified atom stereocenters. The monoisotopic (exact) mass is 270 g/mol. The number of nitrogens with zero attached hydrogens (tertiary/aromatic N) is 3. The van der Waals surface area contributed by atoms with E-state index in [0.717, 1.165) is 18.1 Å². The average molecular weight is 270 g/mol. The molecule has 0 amide bonds. The minimum Gasteiger partial charge on any atom is -0.375 e. The third kappa shape index (κ3) is 2.28. The van der Waals surface area contributed by atoms with Gasteiger partial charge in [-0.25, -0.2) is 4.98 Å². The fourth-order valence-electron chi connectivity index (χ4n) is 1.49. The summed E-state index contributed by atoms with van der Waals surface area (Å²) in [5.74, 6) is 2.85. The van der Waals surface area contributed by atoms with Crippen LogP contribution >= 0.6 is 23.1 Å². The van der Waals surface area contributed by atoms with Gasteiger partial charge >= 0.3 is 0 Å². The molecule has 1 fully saturated rings. The Morgan fingerprint density at radius 1 is 1.41 bits per heavy atom. The molecular weight excluding hydrogens is 260 g/mol. The summed E-state index contributed by atoms with van der Waals surface area (Å²) in [7, 11) is 0. The molecule has 8 heteroatoms. The summed E-state index contributed by atoms with van der Waals surface area (Å²) in [4.78, 5) is 8.38. The first kappa shape index (κ1) is 11.0. The Kier molecular flexibility index (Phi) is 3.00. The first-order chi connectivity index (χ1) is 8.33. The highest BCUT2D eigenvalue weighted by Crippen LogP contribution is 2.27. The van der Waals surface area contributed by atoms with Gasteiger partial charge in [0.2, 0.25) is 5.82 Å². The van der Waals surface area contributed by atoms with E-state index in [9.17, 15) is 0 Å². The van der Waals surface area contributed by atoms with E-state index < -0.39 is 0 Å². The normalized spacial score (nSPS) is 20.6. The molecule has 1 saturated heterocycles. The van der Waals surface area contributed by atoms with Crippen molar-refractivity contribution in [3.05, 3.63) is 11.2 Å². The third-order valence-corrected chi connectivity index (χ3v) is 3.95. The Hall–Kier alpha value is -1.12. The number of anilines is 1. The van der Waals surface area contributed by atoms with Gasteiger partial charge < -0.3 is 15.0 Å². The molecule has 1 aliphatic rings. The van der Waals surface area contributed by atoms with E-state index >= 15 is 0 Å². The molecule has 3 rings (SSSR count). The van der Waals surface area contributed by atoms with Crippen molar-refractivity contribution in [1.29, 1.82) is 0 Å². The predicted octanol–water partition coefficient (Wildman–Crippen LogP) is 1.58. The van der Waals surface area contributed by atoms with Crippen molar-refractivity contribution in [1.82, 2.24) is 15.1 Å². The second-order valence-corrected chi connectivity index (χ2v) is 5.50. The molecule has 3 heterocycles. The lowest BCUT2D eigenvalue weighted by Crippen LogP contribution is -2.16. The van der Waals surface area contributed by atoms with Gasteiger partial charge in [-0.3, -0.25) is 0 Å². The lowest BCUT2D eigenvalue weighted by molar-refractivity contribution is 0.0677. The average Bonchev–Trinajstić information content (AvgIpc) is 2.98. The number of hydrogen-bond acceptors (Lipinski definition) is 8. The van der Waals surface area contributed by atoms with Crippen LogP contribution < -0.4 is 5.73 Å². The van der Waals surface area contributed by atoms with E-state index in [4.69, 9.17) is 15.0 Å². The van der Waals surface area contributed by atoms with Crippen LogP contribution in [0.15, 0.2) is 9.90 Å². The number of thioether (sulfide) groups is 1. The summed E-state index contributed by atoms with van der Waals surface area (Å²) in [6.45, 7) is 0.725. The van der Waals surface area contributed by atoms with Crippen molar-refractivity contribution in [2.45, 2.75) is 6.10 Å². The van der Waals surface area contributed by atoms with Gasteiger partial charge in [0, 0.05) is 16.9 Å². The minimum absolute atomic E-state index is 0.0813. The number of rotatable bonds is 2. The molecule has 0 aliphatic carbocycles. The highest BCUT2D eigenvalue weighted by Gasteiger charge is 2.23. The maximum atomic E-state index is 5.57. The fraction of sp³-hybridized carbons (Fsp3) is 0.444. The molecule has 1 atom stereocenters. The molecule has 0 aromatic carbocycles. The first-order valence-electron chi connectivity index (χ1n) is 5.07. The van der Waals surface area contributed by atoms with Gasteiger partial charge in [0.15, 0.2) is 5.13 Å². The Bertz CT molecular complexity index is 507. The van der Waals surface area contributed by atoms with E-state index in [1.807, 2.05) is 11.8 Å². The smallest absolute Gasteiger partial charge is 0.277 e. The summed E-state index contributed by atoms with van der Waals surface area (Å²) < 4.78 is 10.7. The van der Waals surface area contributed by atoms with Crippen LogP contribution in [0.25, 0.3) is 11.6 Å². The van der Waals surface area contributed by atoms with Gasteiger partial charge in [-0.1, -0.05) is 5.16 Å². The Labute approximate surface area is 106 Å². The molecule has 2 aromatic heterocycles. The van der Waals surface area contributed by atoms with E-state index in [0.29, 0.717) is 22.5 Å². The third-order valence-electron chi connectivity index (χ3n) is 2.29. The lowest BCUT2D eigenvalue weighted by atomic mass is 10.4. The van der Waals surface area contributed by atoms with Gasteiger partial charge in [0.1, 0.15) is 11.8 Å². The van der Waals surface area contributed by atoms with Gasteiger partial charge in [0.25, 0.3) is 5.89 Å². The number of aromatic nitrogens is 3. The van der Waals surface area contributed by atoms with Crippen LogP contribution in [-0.4, -0.2) is 33.2 Å². The molecule has 6 nitrogen and oxygen atoms in total. The van der Waals surface area contributed by atoms with Crippen molar-refractivity contribution in [3.8, 4) is 11.6 Å². The van der Waals surface area contributed by atoms with Crippen LogP contribution in [0.5, 0.6) is 0 Å². The molecule has 1 aliphatic heterocycles. The number of ether oxygens (including phenoxy) is 1. The highest BCUT2D eigenvalue weighted by atomic mass is 32.2. The Morgan fingerprint density at radius 3 is 3.06 bits per heavy atom. The maximum absolute atomic E-state index is 5.57. The Balaban J connectivity index is 1.82. The Morgan fingerprint density at radius 2 is 2.35 bits per heavy atom. The van der Waals surface area contributed by atoms with Gasteiger partial charge in [-0.05, 0) is 0 Å². The van der Waals surface area contributed by atoms with Gasteiger partial charge in [-0.15, -0.1) is 11.3 Å². The molecule has 90 valence electrons. The second kappa shape index (κ2) is 4.63. The number of thiazole rings is 1. The molecule has 0 radical (unpaired) electrons. The van der Waals surface area contributed by atoms with Crippen molar-refractivity contribution < 1.29 is 9.26 Å². The zero-order valence-corrected chi connectivity index (χ0v) is 10.5. The van der Waals surface area contributed by atoms with E-state index in [1.54, 1.807) is 5.38 Å². The van der Waals surface area contributed by atoms with Crippen LogP contribution in [0, 0.1) is 0 Å². The van der Waals surface area contributed by atoms with Crippen molar-refractivity contribution >= 4 is 28.2 Å². The van der Waals surface area contributed by atoms with Crippen molar-refractivity contribution in [3.63, 3.8) is 0 Å². The maximum Gasteiger partial charge on any atom is 0.277 e. The van der Waals surface area contributed by atoms with Crippen LogP contribution in [-0.2, 0) is 4.74 Å². The van der Waals surface area contributed by atoms with Gasteiger partial charge in [0.05, 0.1) is 6.61 Å². The van der Waals surface area contributed by atoms with Crippen LogP contribution in [0.2, 0.25) is 0 Å². The number of nitrogens with two attached hydrogens (primary N) is 1. The number of nitrogen functional groups attached to an aromatic ring is 1. The summed E-state index contributed by atoms with van der Waals surface area (Å²) in [6.07, 6.45) is -0.0813. The van der Waals surface area contributed by atoms with Crippen LogP contribution in [0.3, 0.4) is 0 Å². The summed E-state index contributed by atoms with van der Waals surface area (Å²) >= 11 is 3.17. The molecule has 0 spiro atoms. The molecule has 2 aromatic rings. The molecule has 0 bridgehead atoms. The molecular formula is C9H10N4O2S2. The molecule has 0 saturated carbocycles. The lowest BCUT2D eigenvalue weighted by Gasteiger charge is -2.18. The zero-order chi connectivity index (χ0) is 11.7. The summed E-state index contributed by atoms with van der Waals surface area (Å²) in [6, 6.07) is 0. The first-order valence-corrected chi connectivity index (χ1v) is 7.10. The fourth-order valence-corrected chi connectivity index (χ4v) is 2.87. The largest absolute Gasteiger partial charge is 0.375 e. The van der Waals surface area contributed by atoms with Crippen molar-refractivity contribution in [2.75, 3.05) is 23.8 Å². The minimum atomic E-state index is -0.0813.